The molecule has 1 aromatic heterocycles. The molecule has 0 aliphatic rings. The van der Waals surface area contributed by atoms with E-state index in [1.807, 2.05) is 6.07 Å². The Morgan fingerprint density at radius 1 is 1.23 bits per heavy atom. The van der Waals surface area contributed by atoms with Gasteiger partial charge in [0, 0.05) is 23.7 Å². The number of ether oxygens (including phenoxy) is 1. The van der Waals surface area contributed by atoms with Gasteiger partial charge >= 0.3 is 11.7 Å². The van der Waals surface area contributed by atoms with Crippen molar-refractivity contribution in [3.8, 4) is 0 Å². The minimum Gasteiger partial charge on any atom is -0.618 e. The van der Waals surface area contributed by atoms with E-state index in [9.17, 15) is 14.8 Å². The zero-order valence-electron chi connectivity index (χ0n) is 11.5. The van der Waals surface area contributed by atoms with Gasteiger partial charge in [-0.15, -0.1) is 0 Å². The summed E-state index contributed by atoms with van der Waals surface area (Å²) in [5, 5.41) is 14.5. The van der Waals surface area contributed by atoms with Crippen LogP contribution in [0, 0.1) is 5.21 Å². The number of benzene rings is 1. The number of hydrogen-bond acceptors (Lipinski definition) is 4. The van der Waals surface area contributed by atoms with Gasteiger partial charge in [0.1, 0.15) is 0 Å². The van der Waals surface area contributed by atoms with Gasteiger partial charge in [0.25, 0.3) is 5.91 Å². The first-order valence-corrected chi connectivity index (χ1v) is 6.80. The van der Waals surface area contributed by atoms with E-state index in [1.165, 1.54) is 24.4 Å². The second kappa shape index (κ2) is 7.42. The van der Waals surface area contributed by atoms with Crippen LogP contribution in [0.15, 0.2) is 48.7 Å². The van der Waals surface area contributed by atoms with Crippen LogP contribution in [0.5, 0.6) is 0 Å². The highest BCUT2D eigenvalue weighted by Gasteiger charge is 2.17. The molecule has 0 aliphatic carbocycles. The Labute approximate surface area is 131 Å². The third-order valence-corrected chi connectivity index (χ3v) is 2.98. The molecule has 0 unspecified atom stereocenters. The van der Waals surface area contributed by atoms with Crippen molar-refractivity contribution in [2.45, 2.75) is 6.54 Å². The lowest BCUT2D eigenvalue weighted by molar-refractivity contribution is -0.608. The molecule has 0 saturated heterocycles. The number of rotatable bonds is 5. The van der Waals surface area contributed by atoms with Gasteiger partial charge in [0.2, 0.25) is 0 Å². The summed E-state index contributed by atoms with van der Waals surface area (Å²) in [6.45, 7) is -0.196. The van der Waals surface area contributed by atoms with Crippen molar-refractivity contribution in [2.75, 3.05) is 6.61 Å². The number of pyridine rings is 1. The molecule has 2 aromatic rings. The molecule has 1 N–H and O–H groups in total. The third kappa shape index (κ3) is 4.46. The molecule has 0 bridgehead atoms. The van der Waals surface area contributed by atoms with Crippen LogP contribution in [-0.2, 0) is 16.1 Å². The standard InChI is InChI=1S/C15H13ClN2O4/c16-12-5-3-4-11(8-12)9-17-14(19)10-22-15(20)13-6-1-2-7-18(13)21/h1-8H,9-10H2,(H,17,19). The number of aromatic nitrogens is 1. The molecule has 7 heteroatoms. The lowest BCUT2D eigenvalue weighted by Gasteiger charge is -2.07. The predicted molar refractivity (Wildman–Crippen MR) is 79.0 cm³/mol. The molecule has 0 aliphatic heterocycles. The molecule has 0 spiro atoms. The van der Waals surface area contributed by atoms with Crippen molar-refractivity contribution in [1.29, 1.82) is 0 Å². The van der Waals surface area contributed by atoms with E-state index in [2.05, 4.69) is 5.32 Å². The smallest absolute Gasteiger partial charge is 0.405 e. The van der Waals surface area contributed by atoms with Crippen molar-refractivity contribution < 1.29 is 19.1 Å². The molecular formula is C15H13ClN2O4. The summed E-state index contributed by atoms with van der Waals surface area (Å²) in [7, 11) is 0. The van der Waals surface area contributed by atoms with Gasteiger partial charge in [-0.25, -0.2) is 4.79 Å². The molecule has 114 valence electrons. The Morgan fingerprint density at radius 3 is 2.77 bits per heavy atom. The van der Waals surface area contributed by atoms with Gasteiger partial charge in [0.05, 0.1) is 0 Å². The molecule has 0 radical (unpaired) electrons. The number of carbonyl (C=O) groups is 2. The maximum Gasteiger partial charge on any atom is 0.405 e. The van der Waals surface area contributed by atoms with E-state index in [4.69, 9.17) is 16.3 Å². The minimum atomic E-state index is -0.853. The molecule has 1 aromatic carbocycles. The van der Waals surface area contributed by atoms with Gasteiger partial charge in [-0.2, -0.15) is 4.73 Å². The van der Waals surface area contributed by atoms with Crippen LogP contribution in [-0.4, -0.2) is 18.5 Å². The number of hydrogen-bond donors (Lipinski definition) is 1. The lowest BCUT2D eigenvalue weighted by atomic mass is 10.2. The van der Waals surface area contributed by atoms with E-state index in [0.29, 0.717) is 9.75 Å². The van der Waals surface area contributed by atoms with Crippen LogP contribution in [0.1, 0.15) is 16.1 Å². The Kier molecular flexibility index (Phi) is 5.32. The molecule has 6 nitrogen and oxygen atoms in total. The number of nitrogens with one attached hydrogen (secondary N) is 1. The zero-order valence-corrected chi connectivity index (χ0v) is 12.2. The fourth-order valence-electron chi connectivity index (χ4n) is 1.69. The molecule has 0 atom stereocenters. The van der Waals surface area contributed by atoms with Crippen LogP contribution in [0.2, 0.25) is 5.02 Å². The van der Waals surface area contributed by atoms with Crippen LogP contribution >= 0.6 is 11.6 Å². The first kappa shape index (κ1) is 15.8. The highest BCUT2D eigenvalue weighted by atomic mass is 35.5. The third-order valence-electron chi connectivity index (χ3n) is 2.75. The normalized spacial score (nSPS) is 10.0. The van der Waals surface area contributed by atoms with Crippen LogP contribution in [0.4, 0.5) is 0 Å². The zero-order chi connectivity index (χ0) is 15.9. The summed E-state index contributed by atoms with van der Waals surface area (Å²) in [6.07, 6.45) is 1.18. The van der Waals surface area contributed by atoms with Crippen LogP contribution in [0.25, 0.3) is 0 Å². The molecular weight excluding hydrogens is 308 g/mol. The number of esters is 1. The van der Waals surface area contributed by atoms with Gasteiger partial charge in [-0.1, -0.05) is 23.7 Å². The Balaban J connectivity index is 1.81. The fourth-order valence-corrected chi connectivity index (χ4v) is 1.90. The van der Waals surface area contributed by atoms with Crippen molar-refractivity contribution in [3.05, 3.63) is 70.1 Å². The second-order valence-corrected chi connectivity index (χ2v) is 4.83. The summed E-state index contributed by atoms with van der Waals surface area (Å²) in [4.78, 5) is 23.3. The monoisotopic (exact) mass is 320 g/mol. The first-order chi connectivity index (χ1) is 10.6. The largest absolute Gasteiger partial charge is 0.618 e. The van der Waals surface area contributed by atoms with Crippen LogP contribution < -0.4 is 10.0 Å². The SMILES string of the molecule is O=C(COC(=O)c1cccc[n+]1[O-])NCc1cccc(Cl)c1. The summed E-state index contributed by atoms with van der Waals surface area (Å²) < 4.78 is 5.17. The van der Waals surface area contributed by atoms with E-state index >= 15 is 0 Å². The summed E-state index contributed by atoms with van der Waals surface area (Å²) in [6, 6.07) is 11.4. The van der Waals surface area contributed by atoms with Gasteiger partial charge in [-0.05, 0) is 23.8 Å². The predicted octanol–water partition coefficient (Wildman–Crippen LogP) is 1.45. The Hall–Kier alpha value is -2.60. The van der Waals surface area contributed by atoms with E-state index < -0.39 is 18.5 Å². The van der Waals surface area contributed by atoms with Crippen LogP contribution in [0.3, 0.4) is 0 Å². The van der Waals surface area contributed by atoms with Crippen molar-refractivity contribution in [2.24, 2.45) is 0 Å². The highest BCUT2D eigenvalue weighted by Crippen LogP contribution is 2.10. The maximum absolute atomic E-state index is 11.6. The van der Waals surface area contributed by atoms with Gasteiger partial charge in [0.15, 0.2) is 12.8 Å². The van der Waals surface area contributed by atoms with E-state index in [-0.39, 0.29) is 12.2 Å². The van der Waals surface area contributed by atoms with Gasteiger partial charge < -0.3 is 15.3 Å². The van der Waals surface area contributed by atoms with Crippen molar-refractivity contribution >= 4 is 23.5 Å². The molecule has 1 amide bonds. The number of nitrogens with zero attached hydrogens (tertiary/aromatic N) is 1. The fraction of sp³-hybridized carbons (Fsp3) is 0.133. The van der Waals surface area contributed by atoms with E-state index in [0.717, 1.165) is 5.56 Å². The molecule has 0 fully saturated rings. The molecule has 22 heavy (non-hydrogen) atoms. The van der Waals surface area contributed by atoms with Gasteiger partial charge in [-0.3, -0.25) is 4.79 Å². The van der Waals surface area contributed by atoms with Crippen molar-refractivity contribution in [1.82, 2.24) is 5.32 Å². The number of amides is 1. The first-order valence-electron chi connectivity index (χ1n) is 6.43. The maximum atomic E-state index is 11.6. The Bertz CT molecular complexity index is 691. The summed E-state index contributed by atoms with van der Waals surface area (Å²) >= 11 is 5.83. The quantitative estimate of drug-likeness (QED) is 0.513. The number of halogens is 1. The number of carbonyl (C=O) groups excluding carboxylic acids is 2. The van der Waals surface area contributed by atoms with E-state index in [1.54, 1.807) is 18.2 Å². The highest BCUT2D eigenvalue weighted by molar-refractivity contribution is 6.30. The Morgan fingerprint density at radius 2 is 2.05 bits per heavy atom. The average Bonchev–Trinajstić information content (AvgIpc) is 2.51. The lowest BCUT2D eigenvalue weighted by Crippen LogP contribution is -2.36. The molecule has 2 rings (SSSR count). The summed E-state index contributed by atoms with van der Waals surface area (Å²) in [5.74, 6) is -1.32. The average molecular weight is 321 g/mol. The molecule has 0 saturated carbocycles. The molecule has 1 heterocycles. The topological polar surface area (TPSA) is 82.3 Å². The second-order valence-electron chi connectivity index (χ2n) is 4.39. The minimum absolute atomic E-state index is 0.176. The summed E-state index contributed by atoms with van der Waals surface area (Å²) in [5.41, 5.74) is 0.651. The van der Waals surface area contributed by atoms with Crippen molar-refractivity contribution in [3.63, 3.8) is 0 Å².